The summed E-state index contributed by atoms with van der Waals surface area (Å²) in [6.07, 6.45) is 5.11. The Morgan fingerprint density at radius 2 is 2.10 bits per heavy atom. The Hall–Kier alpha value is -1.14. The molecule has 114 valence electrons. The van der Waals surface area contributed by atoms with Crippen LogP contribution < -0.4 is 10.6 Å². The summed E-state index contributed by atoms with van der Waals surface area (Å²) < 4.78 is 0. The molecule has 5 nitrogen and oxygen atoms in total. The molecule has 0 bridgehead atoms. The Kier molecular flexibility index (Phi) is 8.22. The molecule has 0 spiro atoms. The minimum atomic E-state index is 0.865. The second kappa shape index (κ2) is 9.72. The number of aryl methyl sites for hydroxylation is 1. The molecule has 0 amide bonds. The molecular weight excluding hydrogens is 270 g/mol. The fourth-order valence-corrected chi connectivity index (χ4v) is 2.60. The van der Waals surface area contributed by atoms with Crippen LogP contribution in [0.2, 0.25) is 0 Å². The van der Waals surface area contributed by atoms with Crippen LogP contribution >= 0.6 is 11.3 Å². The second-order valence-electron chi connectivity index (χ2n) is 4.91. The van der Waals surface area contributed by atoms with E-state index in [1.165, 1.54) is 9.88 Å². The largest absolute Gasteiger partial charge is 0.356 e. The zero-order valence-electron chi connectivity index (χ0n) is 13.1. The first-order valence-electron chi connectivity index (χ1n) is 7.18. The maximum absolute atomic E-state index is 4.42. The predicted molar refractivity (Wildman–Crippen MR) is 87.7 cm³/mol. The highest BCUT2D eigenvalue weighted by Crippen LogP contribution is 2.13. The molecule has 20 heavy (non-hydrogen) atoms. The van der Waals surface area contributed by atoms with Crippen LogP contribution in [0.5, 0.6) is 0 Å². The van der Waals surface area contributed by atoms with Crippen LogP contribution in [0, 0.1) is 0 Å². The predicted octanol–water partition coefficient (Wildman–Crippen LogP) is 1.36. The van der Waals surface area contributed by atoms with Gasteiger partial charge in [0.1, 0.15) is 0 Å². The van der Waals surface area contributed by atoms with Gasteiger partial charge in [0.2, 0.25) is 0 Å². The number of hydrogen-bond donors (Lipinski definition) is 2. The van der Waals surface area contributed by atoms with E-state index in [1.807, 2.05) is 6.20 Å². The Morgan fingerprint density at radius 3 is 2.70 bits per heavy atom. The molecule has 0 atom stereocenters. The van der Waals surface area contributed by atoms with Crippen LogP contribution in [0.1, 0.15) is 23.2 Å². The van der Waals surface area contributed by atoms with Gasteiger partial charge in [0.15, 0.2) is 5.96 Å². The van der Waals surface area contributed by atoms with E-state index in [1.54, 1.807) is 18.4 Å². The number of thiazole rings is 1. The van der Waals surface area contributed by atoms with Crippen LogP contribution in [0.4, 0.5) is 0 Å². The maximum atomic E-state index is 4.42. The Labute approximate surface area is 126 Å². The SMILES string of the molecule is CCc1cnc(CCNC(=NC)NCCCN(C)C)s1. The van der Waals surface area contributed by atoms with Gasteiger partial charge in [-0.25, -0.2) is 4.98 Å². The van der Waals surface area contributed by atoms with E-state index in [4.69, 9.17) is 0 Å². The van der Waals surface area contributed by atoms with E-state index in [0.29, 0.717) is 0 Å². The molecule has 1 rings (SSSR count). The van der Waals surface area contributed by atoms with E-state index in [2.05, 4.69) is 46.5 Å². The van der Waals surface area contributed by atoms with E-state index in [9.17, 15) is 0 Å². The Bertz CT molecular complexity index is 400. The minimum Gasteiger partial charge on any atom is -0.356 e. The lowest BCUT2D eigenvalue weighted by Crippen LogP contribution is -2.39. The highest BCUT2D eigenvalue weighted by molar-refractivity contribution is 7.11. The molecule has 0 aliphatic rings. The normalized spacial score (nSPS) is 11.9. The van der Waals surface area contributed by atoms with Crippen molar-refractivity contribution in [3.05, 3.63) is 16.1 Å². The highest BCUT2D eigenvalue weighted by atomic mass is 32.1. The lowest BCUT2D eigenvalue weighted by atomic mass is 10.4. The summed E-state index contributed by atoms with van der Waals surface area (Å²) in [5, 5.41) is 7.84. The van der Waals surface area contributed by atoms with Gasteiger partial charge in [0, 0.05) is 37.6 Å². The van der Waals surface area contributed by atoms with Crippen molar-refractivity contribution >= 4 is 17.3 Å². The van der Waals surface area contributed by atoms with Gasteiger partial charge in [-0.1, -0.05) is 6.92 Å². The van der Waals surface area contributed by atoms with Crippen molar-refractivity contribution in [1.82, 2.24) is 20.5 Å². The first-order chi connectivity index (χ1) is 9.65. The number of aromatic nitrogens is 1. The third-order valence-corrected chi connectivity index (χ3v) is 4.08. The van der Waals surface area contributed by atoms with Crippen molar-refractivity contribution in [3.8, 4) is 0 Å². The van der Waals surface area contributed by atoms with Crippen LogP contribution in [0.25, 0.3) is 0 Å². The molecule has 0 radical (unpaired) electrons. The lowest BCUT2D eigenvalue weighted by Gasteiger charge is -2.13. The van der Waals surface area contributed by atoms with Gasteiger partial charge in [-0.2, -0.15) is 0 Å². The Morgan fingerprint density at radius 1 is 1.35 bits per heavy atom. The summed E-state index contributed by atoms with van der Waals surface area (Å²) in [4.78, 5) is 12.2. The van der Waals surface area contributed by atoms with Gasteiger partial charge >= 0.3 is 0 Å². The van der Waals surface area contributed by atoms with Gasteiger partial charge in [0.25, 0.3) is 0 Å². The molecule has 1 heterocycles. The van der Waals surface area contributed by atoms with E-state index in [0.717, 1.165) is 44.9 Å². The van der Waals surface area contributed by atoms with E-state index < -0.39 is 0 Å². The minimum absolute atomic E-state index is 0.865. The molecule has 0 aliphatic heterocycles. The van der Waals surface area contributed by atoms with Gasteiger partial charge in [0.05, 0.1) is 5.01 Å². The lowest BCUT2D eigenvalue weighted by molar-refractivity contribution is 0.399. The van der Waals surface area contributed by atoms with Crippen LogP contribution in [-0.4, -0.2) is 56.6 Å². The number of nitrogens with one attached hydrogen (secondary N) is 2. The molecule has 0 unspecified atom stereocenters. The van der Waals surface area contributed by atoms with Crippen molar-refractivity contribution in [1.29, 1.82) is 0 Å². The summed E-state index contributed by atoms with van der Waals surface area (Å²) >= 11 is 1.80. The quantitative estimate of drug-likeness (QED) is 0.432. The summed E-state index contributed by atoms with van der Waals surface area (Å²) in [6.45, 7) is 5.05. The summed E-state index contributed by atoms with van der Waals surface area (Å²) in [5.41, 5.74) is 0. The standard InChI is InChI=1S/C14H27N5S/c1-5-12-11-18-13(20-12)7-9-17-14(15-2)16-8-6-10-19(3)4/h11H,5-10H2,1-4H3,(H2,15,16,17). The molecule has 0 saturated heterocycles. The van der Waals surface area contributed by atoms with E-state index >= 15 is 0 Å². The molecular formula is C14H27N5S. The van der Waals surface area contributed by atoms with E-state index in [-0.39, 0.29) is 0 Å². The molecule has 1 aromatic rings. The maximum Gasteiger partial charge on any atom is 0.190 e. The van der Waals surface area contributed by atoms with Crippen molar-refractivity contribution in [2.75, 3.05) is 40.8 Å². The molecule has 0 fully saturated rings. The zero-order chi connectivity index (χ0) is 14.8. The number of hydrogen-bond acceptors (Lipinski definition) is 4. The number of rotatable bonds is 8. The highest BCUT2D eigenvalue weighted by Gasteiger charge is 2.01. The average Bonchev–Trinajstić information content (AvgIpc) is 2.89. The van der Waals surface area contributed by atoms with Crippen molar-refractivity contribution < 1.29 is 0 Å². The summed E-state index contributed by atoms with van der Waals surface area (Å²) in [7, 11) is 5.98. The van der Waals surface area contributed by atoms with Gasteiger partial charge in [-0.05, 0) is 33.5 Å². The van der Waals surface area contributed by atoms with Gasteiger partial charge < -0.3 is 15.5 Å². The fraction of sp³-hybridized carbons (Fsp3) is 0.714. The molecule has 0 aliphatic carbocycles. The number of guanidine groups is 1. The van der Waals surface area contributed by atoms with Gasteiger partial charge in [-0.3, -0.25) is 4.99 Å². The second-order valence-corrected chi connectivity index (χ2v) is 6.11. The zero-order valence-corrected chi connectivity index (χ0v) is 13.9. The number of aliphatic imine (C=N–C) groups is 1. The van der Waals surface area contributed by atoms with Crippen LogP contribution in [0.15, 0.2) is 11.2 Å². The van der Waals surface area contributed by atoms with Crippen molar-refractivity contribution in [2.45, 2.75) is 26.2 Å². The molecule has 2 N–H and O–H groups in total. The average molecular weight is 297 g/mol. The molecule has 0 aromatic carbocycles. The molecule has 6 heteroatoms. The van der Waals surface area contributed by atoms with Gasteiger partial charge in [-0.15, -0.1) is 11.3 Å². The first-order valence-corrected chi connectivity index (χ1v) is 8.00. The molecule has 1 aromatic heterocycles. The third kappa shape index (κ3) is 6.86. The monoisotopic (exact) mass is 297 g/mol. The smallest absolute Gasteiger partial charge is 0.190 e. The molecule has 0 saturated carbocycles. The topological polar surface area (TPSA) is 52.6 Å². The van der Waals surface area contributed by atoms with Crippen molar-refractivity contribution in [2.24, 2.45) is 4.99 Å². The van der Waals surface area contributed by atoms with Crippen LogP contribution in [0.3, 0.4) is 0 Å². The fourth-order valence-electron chi connectivity index (χ4n) is 1.74. The third-order valence-electron chi connectivity index (χ3n) is 2.88. The van der Waals surface area contributed by atoms with Crippen molar-refractivity contribution in [3.63, 3.8) is 0 Å². The number of nitrogens with zero attached hydrogens (tertiary/aromatic N) is 3. The summed E-state index contributed by atoms with van der Waals surface area (Å²) in [6, 6.07) is 0. The summed E-state index contributed by atoms with van der Waals surface area (Å²) in [5.74, 6) is 0.871. The first kappa shape index (κ1) is 16.9. The Balaban J connectivity index is 2.18. The van der Waals surface area contributed by atoms with Crippen LogP contribution in [-0.2, 0) is 12.8 Å².